The second-order valence-corrected chi connectivity index (χ2v) is 6.81. The van der Waals surface area contributed by atoms with Crippen LogP contribution in [0.1, 0.15) is 31.9 Å². The minimum atomic E-state index is -0.248. The van der Waals surface area contributed by atoms with Crippen molar-refractivity contribution in [2.24, 2.45) is 0 Å². The molecular weight excluding hydrogens is 310 g/mol. The summed E-state index contributed by atoms with van der Waals surface area (Å²) in [5.74, 6) is 0.577. The summed E-state index contributed by atoms with van der Waals surface area (Å²) >= 11 is 1.30. The van der Waals surface area contributed by atoms with Crippen LogP contribution in [0, 0.1) is 13.8 Å². The van der Waals surface area contributed by atoms with Crippen LogP contribution in [0.25, 0.3) is 11.5 Å². The van der Waals surface area contributed by atoms with Crippen LogP contribution in [0.4, 0.5) is 0 Å². The van der Waals surface area contributed by atoms with Crippen LogP contribution in [0.5, 0.6) is 0 Å². The van der Waals surface area contributed by atoms with Gasteiger partial charge in [0, 0.05) is 18.7 Å². The largest absolute Gasteiger partial charge is 0.411 e. The Morgan fingerprint density at radius 3 is 2.35 bits per heavy atom. The van der Waals surface area contributed by atoms with E-state index in [2.05, 4.69) is 16.3 Å². The fourth-order valence-electron chi connectivity index (χ4n) is 2.47. The van der Waals surface area contributed by atoms with Crippen molar-refractivity contribution in [2.45, 2.75) is 45.1 Å². The lowest BCUT2D eigenvalue weighted by molar-refractivity contribution is -0.129. The van der Waals surface area contributed by atoms with E-state index < -0.39 is 0 Å². The molecule has 0 radical (unpaired) electrons. The third-order valence-electron chi connectivity index (χ3n) is 3.58. The minimum absolute atomic E-state index is 0.0890. The number of benzene rings is 1. The molecule has 1 atom stereocenters. The molecule has 1 heterocycles. The van der Waals surface area contributed by atoms with Gasteiger partial charge in [0.15, 0.2) is 0 Å². The molecule has 0 spiro atoms. The Kier molecular flexibility index (Phi) is 5.82. The lowest BCUT2D eigenvalue weighted by atomic mass is 10.1. The van der Waals surface area contributed by atoms with Gasteiger partial charge in [-0.1, -0.05) is 29.0 Å². The van der Waals surface area contributed by atoms with Gasteiger partial charge >= 0.3 is 0 Å². The highest BCUT2D eigenvalue weighted by atomic mass is 32.2. The topological polar surface area (TPSA) is 59.2 Å². The number of aromatic nitrogens is 2. The minimum Gasteiger partial charge on any atom is -0.411 e. The number of aryl methyl sites for hydroxylation is 2. The first kappa shape index (κ1) is 17.5. The first-order chi connectivity index (χ1) is 10.9. The Morgan fingerprint density at radius 1 is 1.17 bits per heavy atom. The highest BCUT2D eigenvalue weighted by molar-refractivity contribution is 8.00. The maximum atomic E-state index is 12.3. The number of carbonyl (C=O) groups is 1. The first-order valence-corrected chi connectivity index (χ1v) is 8.70. The smallest absolute Gasteiger partial charge is 0.277 e. The van der Waals surface area contributed by atoms with Crippen molar-refractivity contribution in [3.63, 3.8) is 0 Å². The number of amides is 1. The molecular formula is C17H23N3O2S. The number of thioether (sulfide) groups is 1. The molecule has 124 valence electrons. The molecule has 0 aliphatic rings. The van der Waals surface area contributed by atoms with Crippen LogP contribution in [0.2, 0.25) is 0 Å². The summed E-state index contributed by atoms with van der Waals surface area (Å²) in [4.78, 5) is 14.1. The molecule has 0 aliphatic carbocycles. The summed E-state index contributed by atoms with van der Waals surface area (Å²) in [6.07, 6.45) is 0. The summed E-state index contributed by atoms with van der Waals surface area (Å²) in [6.45, 7) is 11.3. The zero-order valence-corrected chi connectivity index (χ0v) is 15.1. The van der Waals surface area contributed by atoms with E-state index in [1.54, 1.807) is 4.90 Å². The third kappa shape index (κ3) is 4.34. The summed E-state index contributed by atoms with van der Waals surface area (Å²) < 4.78 is 5.72. The second-order valence-electron chi connectivity index (χ2n) is 5.52. The Balaban J connectivity index is 2.12. The molecule has 2 rings (SSSR count). The van der Waals surface area contributed by atoms with Crippen LogP contribution in [0.15, 0.2) is 27.8 Å². The summed E-state index contributed by atoms with van der Waals surface area (Å²) in [5.41, 5.74) is 3.21. The van der Waals surface area contributed by atoms with Gasteiger partial charge in [0.05, 0.1) is 5.25 Å². The van der Waals surface area contributed by atoms with Crippen LogP contribution < -0.4 is 0 Å². The zero-order valence-electron chi connectivity index (χ0n) is 14.3. The predicted octanol–water partition coefficient (Wildman–Crippen LogP) is 3.70. The van der Waals surface area contributed by atoms with E-state index in [1.807, 2.05) is 46.8 Å². The Hall–Kier alpha value is -1.82. The zero-order chi connectivity index (χ0) is 17.0. The van der Waals surface area contributed by atoms with Crippen molar-refractivity contribution < 1.29 is 9.21 Å². The molecule has 5 nitrogen and oxygen atoms in total. The van der Waals surface area contributed by atoms with E-state index in [9.17, 15) is 4.79 Å². The lowest BCUT2D eigenvalue weighted by Crippen LogP contribution is -2.36. The van der Waals surface area contributed by atoms with Gasteiger partial charge in [-0.15, -0.1) is 10.2 Å². The number of hydrogen-bond donors (Lipinski definition) is 0. The van der Waals surface area contributed by atoms with Gasteiger partial charge in [0.1, 0.15) is 0 Å². The molecule has 0 bridgehead atoms. The van der Waals surface area contributed by atoms with Crippen LogP contribution >= 0.6 is 11.8 Å². The van der Waals surface area contributed by atoms with Crippen molar-refractivity contribution in [1.82, 2.24) is 15.1 Å². The molecule has 0 aliphatic heterocycles. The highest BCUT2D eigenvalue weighted by Crippen LogP contribution is 2.27. The molecule has 1 amide bonds. The fourth-order valence-corrected chi connectivity index (χ4v) is 3.23. The molecule has 2 aromatic rings. The van der Waals surface area contributed by atoms with E-state index in [0.717, 1.165) is 16.7 Å². The van der Waals surface area contributed by atoms with Gasteiger partial charge in [-0.05, 0) is 46.8 Å². The Bertz CT molecular complexity index is 660. The molecule has 23 heavy (non-hydrogen) atoms. The molecule has 1 aromatic heterocycles. The monoisotopic (exact) mass is 333 g/mol. The lowest BCUT2D eigenvalue weighted by Gasteiger charge is -2.21. The van der Waals surface area contributed by atoms with Crippen LogP contribution in [-0.4, -0.2) is 39.3 Å². The molecule has 0 fully saturated rings. The third-order valence-corrected chi connectivity index (χ3v) is 4.50. The van der Waals surface area contributed by atoms with Crippen molar-refractivity contribution in [1.29, 1.82) is 0 Å². The standard InChI is InChI=1S/C17H23N3O2S/c1-6-20(7-2)16(21)13(5)23-17-19-18-15(22-17)14-9-11(3)8-12(4)10-14/h8-10,13H,6-7H2,1-5H3. The Morgan fingerprint density at radius 2 is 1.78 bits per heavy atom. The fraction of sp³-hybridized carbons (Fsp3) is 0.471. The van der Waals surface area contributed by atoms with Crippen molar-refractivity contribution in [3.8, 4) is 11.5 Å². The molecule has 1 aromatic carbocycles. The summed E-state index contributed by atoms with van der Waals surface area (Å²) in [5, 5.41) is 8.34. The van der Waals surface area contributed by atoms with E-state index in [-0.39, 0.29) is 11.2 Å². The van der Waals surface area contributed by atoms with E-state index in [0.29, 0.717) is 24.2 Å². The maximum absolute atomic E-state index is 12.3. The van der Waals surface area contributed by atoms with Crippen molar-refractivity contribution >= 4 is 17.7 Å². The van der Waals surface area contributed by atoms with Gasteiger partial charge in [-0.25, -0.2) is 0 Å². The van der Waals surface area contributed by atoms with Gasteiger partial charge in [0.25, 0.3) is 5.22 Å². The van der Waals surface area contributed by atoms with E-state index >= 15 is 0 Å². The van der Waals surface area contributed by atoms with Crippen LogP contribution in [0.3, 0.4) is 0 Å². The quantitative estimate of drug-likeness (QED) is 0.754. The molecule has 6 heteroatoms. The molecule has 0 saturated heterocycles. The average molecular weight is 333 g/mol. The predicted molar refractivity (Wildman–Crippen MR) is 92.5 cm³/mol. The number of rotatable bonds is 6. The average Bonchev–Trinajstić information content (AvgIpc) is 2.96. The van der Waals surface area contributed by atoms with E-state index in [4.69, 9.17) is 4.42 Å². The van der Waals surface area contributed by atoms with Crippen LogP contribution in [-0.2, 0) is 4.79 Å². The van der Waals surface area contributed by atoms with Crippen molar-refractivity contribution in [2.75, 3.05) is 13.1 Å². The number of nitrogens with zero attached hydrogens (tertiary/aromatic N) is 3. The van der Waals surface area contributed by atoms with Gasteiger partial charge in [-0.2, -0.15) is 0 Å². The normalized spacial score (nSPS) is 12.2. The highest BCUT2D eigenvalue weighted by Gasteiger charge is 2.22. The van der Waals surface area contributed by atoms with Gasteiger partial charge < -0.3 is 9.32 Å². The number of carbonyl (C=O) groups excluding carboxylic acids is 1. The van der Waals surface area contributed by atoms with E-state index in [1.165, 1.54) is 11.8 Å². The van der Waals surface area contributed by atoms with Crippen molar-refractivity contribution in [3.05, 3.63) is 29.3 Å². The summed E-state index contributed by atoms with van der Waals surface area (Å²) in [6, 6.07) is 6.12. The molecule has 0 N–H and O–H groups in total. The molecule has 0 saturated carbocycles. The number of hydrogen-bond acceptors (Lipinski definition) is 5. The molecule has 1 unspecified atom stereocenters. The second kappa shape index (κ2) is 7.64. The summed E-state index contributed by atoms with van der Waals surface area (Å²) in [7, 11) is 0. The Labute approximate surface area is 141 Å². The van der Waals surface area contributed by atoms with Gasteiger partial charge in [0.2, 0.25) is 11.8 Å². The van der Waals surface area contributed by atoms with Gasteiger partial charge in [-0.3, -0.25) is 4.79 Å². The first-order valence-electron chi connectivity index (χ1n) is 7.82. The maximum Gasteiger partial charge on any atom is 0.277 e. The SMILES string of the molecule is CCN(CC)C(=O)C(C)Sc1nnc(-c2cc(C)cc(C)c2)o1.